The van der Waals surface area contributed by atoms with Crippen LogP contribution in [0.5, 0.6) is 0 Å². The summed E-state index contributed by atoms with van der Waals surface area (Å²) in [5.41, 5.74) is 3.70. The standard InChI is InChI=1S/C35H39NO3S3/c1-22-7-6-17-34(3)28(16-18-35(34,39)21-40-33-36-29-8-4-5-9-30(29)42-33)26-14-12-24(19-25(37)13-10-22)20-27(26)32(38)31-15-11-23(2)41-31/h4-5,7-9,11-12,14-15,20,25,28,37,39H,6,10,13,16-19,21H2,1-3H3/t25-,28-,34-,35+/m0/s1. The quantitative estimate of drug-likeness (QED) is 0.133. The fourth-order valence-electron chi connectivity index (χ4n) is 6.96. The summed E-state index contributed by atoms with van der Waals surface area (Å²) < 4.78 is 2.15. The monoisotopic (exact) mass is 617 g/mol. The number of aryl methyl sites for hydroxylation is 1. The van der Waals surface area contributed by atoms with Crippen LogP contribution in [-0.2, 0) is 6.42 Å². The van der Waals surface area contributed by atoms with Gasteiger partial charge >= 0.3 is 0 Å². The molecule has 0 spiro atoms. The minimum atomic E-state index is -0.909. The Kier molecular flexibility index (Phi) is 8.51. The second-order valence-corrected chi connectivity index (χ2v) is 16.0. The molecule has 3 aliphatic rings. The molecule has 0 unspecified atom stereocenters. The maximum atomic E-state index is 14.0. The molecule has 4 atom stereocenters. The van der Waals surface area contributed by atoms with Gasteiger partial charge in [0.2, 0.25) is 5.78 Å². The van der Waals surface area contributed by atoms with Crippen molar-refractivity contribution in [3.8, 4) is 0 Å². The van der Waals surface area contributed by atoms with Gasteiger partial charge < -0.3 is 10.2 Å². The van der Waals surface area contributed by atoms with Crippen LogP contribution in [0.15, 0.2) is 70.6 Å². The molecule has 2 aromatic carbocycles. The van der Waals surface area contributed by atoms with E-state index in [1.807, 2.05) is 43.3 Å². The van der Waals surface area contributed by atoms with E-state index in [0.29, 0.717) is 25.0 Å². The highest BCUT2D eigenvalue weighted by molar-refractivity contribution is 8.01. The van der Waals surface area contributed by atoms with Crippen molar-refractivity contribution >= 4 is 50.4 Å². The second-order valence-electron chi connectivity index (χ2n) is 12.4. The molecule has 0 amide bonds. The van der Waals surface area contributed by atoms with Crippen molar-refractivity contribution in [3.05, 3.63) is 92.7 Å². The van der Waals surface area contributed by atoms with E-state index in [2.05, 4.69) is 38.1 Å². The van der Waals surface area contributed by atoms with Gasteiger partial charge in [0.1, 0.15) is 0 Å². The predicted octanol–water partition coefficient (Wildman–Crippen LogP) is 8.73. The van der Waals surface area contributed by atoms with Crippen LogP contribution in [0.4, 0.5) is 0 Å². The third-order valence-electron chi connectivity index (χ3n) is 9.59. The first-order valence-electron chi connectivity index (χ1n) is 14.9. The Labute approximate surface area is 260 Å². The van der Waals surface area contributed by atoms with Crippen molar-refractivity contribution in [2.75, 3.05) is 5.75 Å². The summed E-state index contributed by atoms with van der Waals surface area (Å²) in [7, 11) is 0. The van der Waals surface area contributed by atoms with Gasteiger partial charge in [-0.25, -0.2) is 4.98 Å². The number of thioether (sulfide) groups is 1. The normalized spacial score (nSPS) is 26.6. The fourth-order valence-corrected chi connectivity index (χ4v) is 10.2. The van der Waals surface area contributed by atoms with Crippen molar-refractivity contribution in [1.29, 1.82) is 0 Å². The maximum Gasteiger partial charge on any atom is 0.203 e. The third-order valence-corrected chi connectivity index (χ3v) is 13.0. The summed E-state index contributed by atoms with van der Waals surface area (Å²) in [5.74, 6) is 0.651. The minimum absolute atomic E-state index is 0.0362. The molecule has 7 rings (SSSR count). The molecule has 220 valence electrons. The second kappa shape index (κ2) is 12.0. The summed E-state index contributed by atoms with van der Waals surface area (Å²) in [6.45, 7) is 6.43. The molecule has 2 bridgehead atoms. The van der Waals surface area contributed by atoms with Gasteiger partial charge in [0.15, 0.2) is 4.34 Å². The number of ketones is 1. The van der Waals surface area contributed by atoms with Crippen molar-refractivity contribution in [2.24, 2.45) is 5.41 Å². The molecular formula is C35H39NO3S3. The number of carbonyl (C=O) groups excluding carboxylic acids is 1. The summed E-state index contributed by atoms with van der Waals surface area (Å²) >= 11 is 4.88. The van der Waals surface area contributed by atoms with E-state index >= 15 is 0 Å². The molecule has 2 heterocycles. The lowest BCUT2D eigenvalue weighted by Gasteiger charge is -2.44. The maximum absolute atomic E-state index is 14.0. The minimum Gasteiger partial charge on any atom is -0.393 e. The number of hydrogen-bond acceptors (Lipinski definition) is 7. The van der Waals surface area contributed by atoms with Gasteiger partial charge in [-0.15, -0.1) is 22.7 Å². The molecule has 1 fully saturated rings. The fraction of sp³-hybridized carbons (Fsp3) is 0.429. The van der Waals surface area contributed by atoms with Crippen molar-refractivity contribution < 1.29 is 15.0 Å². The number of thiophene rings is 1. The third kappa shape index (κ3) is 5.79. The average Bonchev–Trinajstić information content (AvgIpc) is 3.66. The van der Waals surface area contributed by atoms with E-state index in [1.165, 1.54) is 21.6 Å². The molecule has 4 nitrogen and oxygen atoms in total. The van der Waals surface area contributed by atoms with Gasteiger partial charge in [-0.1, -0.05) is 54.6 Å². The number of para-hydroxylation sites is 1. The molecule has 4 aromatic rings. The Balaban J connectivity index is 1.40. The number of benzene rings is 2. The first-order valence-corrected chi connectivity index (χ1v) is 17.6. The van der Waals surface area contributed by atoms with Gasteiger partial charge in [0.05, 0.1) is 26.8 Å². The van der Waals surface area contributed by atoms with Crippen LogP contribution >= 0.6 is 34.4 Å². The topological polar surface area (TPSA) is 70.4 Å². The Hall–Kier alpha value is -2.29. The highest BCUT2D eigenvalue weighted by Crippen LogP contribution is 2.60. The number of aromatic nitrogens is 1. The van der Waals surface area contributed by atoms with E-state index < -0.39 is 17.1 Å². The largest absolute Gasteiger partial charge is 0.393 e. The van der Waals surface area contributed by atoms with E-state index in [1.54, 1.807) is 23.1 Å². The molecule has 0 aliphatic heterocycles. The van der Waals surface area contributed by atoms with Crippen LogP contribution in [-0.4, -0.2) is 38.4 Å². The van der Waals surface area contributed by atoms with E-state index in [0.717, 1.165) is 62.0 Å². The van der Waals surface area contributed by atoms with Crippen LogP contribution in [0, 0.1) is 12.3 Å². The number of allylic oxidation sites excluding steroid dienone is 2. The molecule has 42 heavy (non-hydrogen) atoms. The average molecular weight is 618 g/mol. The van der Waals surface area contributed by atoms with Gasteiger partial charge in [-0.3, -0.25) is 4.79 Å². The molecule has 0 radical (unpaired) electrons. The van der Waals surface area contributed by atoms with Gasteiger partial charge in [-0.05, 0) is 106 Å². The smallest absolute Gasteiger partial charge is 0.203 e. The number of carbonyl (C=O) groups is 1. The molecule has 7 heteroatoms. The predicted molar refractivity (Wildman–Crippen MR) is 176 cm³/mol. The number of nitrogens with zero attached hydrogens (tertiary/aromatic N) is 1. The van der Waals surface area contributed by atoms with Crippen molar-refractivity contribution in [3.63, 3.8) is 0 Å². The van der Waals surface area contributed by atoms with Crippen LogP contribution in [0.2, 0.25) is 0 Å². The van der Waals surface area contributed by atoms with E-state index in [-0.39, 0.29) is 11.7 Å². The highest BCUT2D eigenvalue weighted by atomic mass is 32.2. The molecular weight excluding hydrogens is 579 g/mol. The lowest BCUT2D eigenvalue weighted by Crippen LogP contribution is -2.46. The Morgan fingerprint density at radius 1 is 1.07 bits per heavy atom. The van der Waals surface area contributed by atoms with Crippen LogP contribution < -0.4 is 0 Å². The van der Waals surface area contributed by atoms with Gasteiger partial charge in [0, 0.05) is 21.6 Å². The van der Waals surface area contributed by atoms with Crippen LogP contribution in [0.1, 0.15) is 89.5 Å². The molecule has 2 N–H and O–H groups in total. The molecule has 3 aliphatic carbocycles. The van der Waals surface area contributed by atoms with Gasteiger partial charge in [0.25, 0.3) is 0 Å². The summed E-state index contributed by atoms with van der Waals surface area (Å²) in [6, 6.07) is 18.4. The van der Waals surface area contributed by atoms with Crippen LogP contribution in [0.3, 0.4) is 0 Å². The summed E-state index contributed by atoms with van der Waals surface area (Å²) in [5, 5.41) is 23.3. The highest BCUT2D eigenvalue weighted by Gasteiger charge is 2.56. The van der Waals surface area contributed by atoms with Crippen LogP contribution in [0.25, 0.3) is 10.2 Å². The number of aliphatic hydroxyl groups excluding tert-OH is 1. The number of rotatable bonds is 5. The Morgan fingerprint density at radius 3 is 2.69 bits per heavy atom. The lowest BCUT2D eigenvalue weighted by molar-refractivity contribution is -0.0422. The summed E-state index contributed by atoms with van der Waals surface area (Å²) in [4.78, 5) is 20.7. The number of aliphatic hydroxyl groups is 2. The first kappa shape index (κ1) is 29.8. The zero-order valence-corrected chi connectivity index (χ0v) is 27.0. The van der Waals surface area contributed by atoms with E-state index in [4.69, 9.17) is 4.98 Å². The number of fused-ring (bicyclic) bond motifs is 9. The summed E-state index contributed by atoms with van der Waals surface area (Å²) in [6.07, 6.45) is 7.09. The Bertz CT molecular complexity index is 1600. The molecule has 0 saturated heterocycles. The first-order chi connectivity index (χ1) is 20.1. The zero-order valence-electron chi connectivity index (χ0n) is 24.6. The van der Waals surface area contributed by atoms with E-state index in [9.17, 15) is 15.0 Å². The number of hydrogen-bond donors (Lipinski definition) is 2. The van der Waals surface area contributed by atoms with Crippen molar-refractivity contribution in [1.82, 2.24) is 4.98 Å². The van der Waals surface area contributed by atoms with Gasteiger partial charge in [-0.2, -0.15) is 0 Å². The molecule has 2 aromatic heterocycles. The zero-order chi connectivity index (χ0) is 29.5. The number of thiazole rings is 1. The SMILES string of the molecule is CC1=CCC[C@@]2(C)[C@@H](CC[C@@]2(O)CSc2nc3ccccc3s2)c2ccc(cc2C(=O)c2ccc(C)s2)C[C@@H](O)CC1. The molecule has 1 saturated carbocycles. The van der Waals surface area contributed by atoms with Crippen molar-refractivity contribution in [2.45, 2.75) is 87.7 Å². The Morgan fingerprint density at radius 2 is 1.90 bits per heavy atom. The lowest BCUT2D eigenvalue weighted by atomic mass is 9.65.